The van der Waals surface area contributed by atoms with E-state index in [0.29, 0.717) is 0 Å². The van der Waals surface area contributed by atoms with Gasteiger partial charge in [-0.3, -0.25) is 0 Å². The van der Waals surface area contributed by atoms with Crippen molar-refractivity contribution in [1.29, 1.82) is 0 Å². The maximum absolute atomic E-state index is 5.48. The first kappa shape index (κ1) is 15.5. The van der Waals surface area contributed by atoms with Crippen molar-refractivity contribution in [1.82, 2.24) is 0 Å². The lowest BCUT2D eigenvalue weighted by atomic mass is 9.95. The summed E-state index contributed by atoms with van der Waals surface area (Å²) >= 11 is 0. The van der Waals surface area contributed by atoms with Gasteiger partial charge in [0, 0.05) is 6.61 Å². The molecule has 0 saturated carbocycles. The molecule has 1 aliphatic heterocycles. The van der Waals surface area contributed by atoms with Crippen LogP contribution in [0.5, 0.6) is 0 Å². The molecular weight excluding hydrogens is 280 g/mol. The molecule has 0 atom stereocenters. The van der Waals surface area contributed by atoms with Crippen LogP contribution in [0.3, 0.4) is 0 Å². The Labute approximate surface area is 138 Å². The van der Waals surface area contributed by atoms with Gasteiger partial charge in [-0.25, -0.2) is 0 Å². The van der Waals surface area contributed by atoms with Gasteiger partial charge >= 0.3 is 0 Å². The zero-order valence-corrected chi connectivity index (χ0v) is 13.4. The first-order valence-corrected chi connectivity index (χ1v) is 8.12. The third-order valence-corrected chi connectivity index (χ3v) is 4.06. The molecule has 0 bridgehead atoms. The molecule has 1 aliphatic rings. The Morgan fingerprint density at radius 1 is 1.00 bits per heavy atom. The van der Waals surface area contributed by atoms with Gasteiger partial charge in [0.15, 0.2) is 0 Å². The molecule has 0 aliphatic carbocycles. The molecule has 23 heavy (non-hydrogen) atoms. The topological polar surface area (TPSA) is 9.23 Å². The SMILES string of the molecule is C=C(/C=C\C=C1\CCCOC1)c1ccccc1-c1ccccc1. The van der Waals surface area contributed by atoms with Crippen LogP contribution in [0.25, 0.3) is 16.7 Å². The van der Waals surface area contributed by atoms with Crippen LogP contribution in [0.4, 0.5) is 0 Å². The molecule has 2 aromatic carbocycles. The van der Waals surface area contributed by atoms with E-state index in [0.717, 1.165) is 31.6 Å². The van der Waals surface area contributed by atoms with Gasteiger partial charge in [0.1, 0.15) is 0 Å². The van der Waals surface area contributed by atoms with Crippen molar-refractivity contribution in [2.45, 2.75) is 12.8 Å². The van der Waals surface area contributed by atoms with E-state index < -0.39 is 0 Å². The van der Waals surface area contributed by atoms with Crippen molar-refractivity contribution in [3.8, 4) is 11.1 Å². The lowest BCUT2D eigenvalue weighted by Crippen LogP contribution is -2.07. The number of hydrogen-bond acceptors (Lipinski definition) is 1. The standard InChI is InChI=1S/C22H22O/c1-18(9-7-10-19-11-8-16-23-17-19)21-14-5-6-15-22(21)20-12-3-2-4-13-20/h2-7,9-10,12-15H,1,8,11,16-17H2/b9-7-,19-10-. The second-order valence-electron chi connectivity index (χ2n) is 5.78. The molecule has 1 heteroatoms. The summed E-state index contributed by atoms with van der Waals surface area (Å²) in [5.74, 6) is 0. The van der Waals surface area contributed by atoms with Crippen LogP contribution >= 0.6 is 0 Å². The van der Waals surface area contributed by atoms with E-state index in [2.05, 4.69) is 73.3 Å². The first-order valence-electron chi connectivity index (χ1n) is 8.12. The molecule has 1 nitrogen and oxygen atoms in total. The van der Waals surface area contributed by atoms with Crippen molar-refractivity contribution in [3.63, 3.8) is 0 Å². The first-order chi connectivity index (χ1) is 11.3. The van der Waals surface area contributed by atoms with Gasteiger partial charge in [-0.2, -0.15) is 0 Å². The highest BCUT2D eigenvalue weighted by Gasteiger charge is 2.06. The van der Waals surface area contributed by atoms with Gasteiger partial charge < -0.3 is 4.74 Å². The molecular formula is C22H22O. The Morgan fingerprint density at radius 3 is 2.57 bits per heavy atom. The van der Waals surface area contributed by atoms with E-state index >= 15 is 0 Å². The van der Waals surface area contributed by atoms with E-state index in [4.69, 9.17) is 4.74 Å². The highest BCUT2D eigenvalue weighted by molar-refractivity contribution is 5.84. The largest absolute Gasteiger partial charge is 0.377 e. The normalized spacial score (nSPS) is 16.8. The molecule has 0 amide bonds. The molecule has 0 radical (unpaired) electrons. The number of allylic oxidation sites excluding steroid dienone is 4. The van der Waals surface area contributed by atoms with Crippen LogP contribution in [0.1, 0.15) is 18.4 Å². The average Bonchev–Trinajstić information content (AvgIpc) is 2.63. The second-order valence-corrected chi connectivity index (χ2v) is 5.78. The molecule has 3 rings (SSSR count). The number of rotatable bonds is 4. The summed E-state index contributed by atoms with van der Waals surface area (Å²) < 4.78 is 5.48. The van der Waals surface area contributed by atoms with E-state index in [9.17, 15) is 0 Å². The Kier molecular flexibility index (Phi) is 5.23. The third kappa shape index (κ3) is 4.08. The van der Waals surface area contributed by atoms with Crippen LogP contribution in [0, 0.1) is 0 Å². The predicted octanol–water partition coefficient (Wildman–Crippen LogP) is 5.66. The molecule has 0 spiro atoms. The highest BCUT2D eigenvalue weighted by atomic mass is 16.5. The van der Waals surface area contributed by atoms with Crippen molar-refractivity contribution in [3.05, 3.63) is 90.5 Å². The van der Waals surface area contributed by atoms with Gasteiger partial charge in [0.25, 0.3) is 0 Å². The minimum atomic E-state index is 0.761. The second kappa shape index (κ2) is 7.75. The number of hydrogen-bond donors (Lipinski definition) is 0. The molecule has 0 unspecified atom stereocenters. The van der Waals surface area contributed by atoms with Gasteiger partial charge in [-0.15, -0.1) is 0 Å². The van der Waals surface area contributed by atoms with Gasteiger partial charge in [-0.1, -0.05) is 79.4 Å². The Balaban J connectivity index is 1.80. The van der Waals surface area contributed by atoms with Crippen LogP contribution < -0.4 is 0 Å². The van der Waals surface area contributed by atoms with E-state index in [1.165, 1.54) is 22.3 Å². The minimum absolute atomic E-state index is 0.761. The van der Waals surface area contributed by atoms with E-state index in [1.807, 2.05) is 6.07 Å². The fourth-order valence-electron chi connectivity index (χ4n) is 2.83. The van der Waals surface area contributed by atoms with Crippen LogP contribution in [-0.4, -0.2) is 13.2 Å². The van der Waals surface area contributed by atoms with Crippen molar-refractivity contribution in [2.24, 2.45) is 0 Å². The molecule has 2 aromatic rings. The summed E-state index contributed by atoms with van der Waals surface area (Å²) in [5.41, 5.74) is 6.00. The summed E-state index contributed by atoms with van der Waals surface area (Å²) in [6.45, 7) is 5.89. The van der Waals surface area contributed by atoms with Gasteiger partial charge in [0.05, 0.1) is 6.61 Å². The van der Waals surface area contributed by atoms with Crippen LogP contribution in [-0.2, 0) is 4.74 Å². The van der Waals surface area contributed by atoms with Crippen LogP contribution in [0.2, 0.25) is 0 Å². The molecule has 1 heterocycles. The smallest absolute Gasteiger partial charge is 0.0679 e. The quantitative estimate of drug-likeness (QED) is 0.662. The summed E-state index contributed by atoms with van der Waals surface area (Å²) in [5, 5.41) is 0. The molecule has 0 aromatic heterocycles. The fourth-order valence-corrected chi connectivity index (χ4v) is 2.83. The monoisotopic (exact) mass is 302 g/mol. The predicted molar refractivity (Wildman–Crippen MR) is 98.2 cm³/mol. The zero-order valence-electron chi connectivity index (χ0n) is 13.4. The highest BCUT2D eigenvalue weighted by Crippen LogP contribution is 2.28. The van der Waals surface area contributed by atoms with E-state index in [-0.39, 0.29) is 0 Å². The molecule has 116 valence electrons. The fraction of sp³-hybridized carbons (Fsp3) is 0.182. The van der Waals surface area contributed by atoms with Crippen LogP contribution in [0.15, 0.2) is 85.0 Å². The summed E-state index contributed by atoms with van der Waals surface area (Å²) in [7, 11) is 0. The minimum Gasteiger partial charge on any atom is -0.377 e. The average molecular weight is 302 g/mol. The van der Waals surface area contributed by atoms with Gasteiger partial charge in [-0.05, 0) is 40.7 Å². The van der Waals surface area contributed by atoms with Crippen molar-refractivity contribution < 1.29 is 4.74 Å². The van der Waals surface area contributed by atoms with Gasteiger partial charge in [0.2, 0.25) is 0 Å². The zero-order chi connectivity index (χ0) is 15.9. The van der Waals surface area contributed by atoms with Crippen molar-refractivity contribution in [2.75, 3.05) is 13.2 Å². The molecule has 1 fully saturated rings. The number of ether oxygens (including phenoxy) is 1. The summed E-state index contributed by atoms with van der Waals surface area (Å²) in [4.78, 5) is 0. The third-order valence-electron chi connectivity index (χ3n) is 4.06. The Bertz CT molecular complexity index is 715. The maximum atomic E-state index is 5.48. The summed E-state index contributed by atoms with van der Waals surface area (Å²) in [6.07, 6.45) is 8.60. The Hall–Kier alpha value is -2.38. The van der Waals surface area contributed by atoms with Crippen molar-refractivity contribution >= 4 is 5.57 Å². The summed E-state index contributed by atoms with van der Waals surface area (Å²) in [6, 6.07) is 18.9. The molecule has 0 N–H and O–H groups in total. The number of benzene rings is 2. The lowest BCUT2D eigenvalue weighted by molar-refractivity contribution is 0.130. The Morgan fingerprint density at radius 2 is 1.78 bits per heavy atom. The van der Waals surface area contributed by atoms with E-state index in [1.54, 1.807) is 0 Å². The maximum Gasteiger partial charge on any atom is 0.0679 e. The molecule has 1 saturated heterocycles. The lowest BCUT2D eigenvalue weighted by Gasteiger charge is -2.13.